The molecular weight excluding hydrogens is 232 g/mol. The van der Waals surface area contributed by atoms with Crippen molar-refractivity contribution in [2.24, 2.45) is 11.8 Å². The average molecular weight is 260 g/mol. The van der Waals surface area contributed by atoms with Crippen LogP contribution in [-0.2, 0) is 9.59 Å². The molecule has 0 aliphatic heterocycles. The van der Waals surface area contributed by atoms with Gasteiger partial charge in [-0.15, -0.1) is 0 Å². The molecule has 4 heteroatoms. The van der Waals surface area contributed by atoms with Crippen LogP contribution in [0.15, 0.2) is 0 Å². The Morgan fingerprint density at radius 2 is 1.44 bits per heavy atom. The molecule has 0 bridgehead atoms. The molecule has 0 radical (unpaired) electrons. The van der Waals surface area contributed by atoms with Gasteiger partial charge in [0.1, 0.15) is 12.2 Å². The topological polar surface area (TPSA) is 74.6 Å². The summed E-state index contributed by atoms with van der Waals surface area (Å²) < 4.78 is 0. The maximum Gasteiger partial charge on any atom is 0.158 e. The van der Waals surface area contributed by atoms with E-state index in [0.29, 0.717) is 12.3 Å². The Hall–Kier alpha value is -0.740. The minimum Gasteiger partial charge on any atom is -0.385 e. The Morgan fingerprint density at radius 1 is 1.00 bits per heavy atom. The van der Waals surface area contributed by atoms with E-state index in [1.807, 2.05) is 27.7 Å². The summed E-state index contributed by atoms with van der Waals surface area (Å²) >= 11 is 0. The quantitative estimate of drug-likeness (QED) is 0.765. The van der Waals surface area contributed by atoms with E-state index in [9.17, 15) is 9.59 Å². The van der Waals surface area contributed by atoms with Gasteiger partial charge in [0, 0.05) is 0 Å². The van der Waals surface area contributed by atoms with Gasteiger partial charge in [0.25, 0.3) is 0 Å². The van der Waals surface area contributed by atoms with Crippen LogP contribution in [0.1, 0.15) is 54.4 Å². The third-order valence-corrected chi connectivity index (χ3v) is 2.76. The minimum atomic E-state index is -0.755. The van der Waals surface area contributed by atoms with Gasteiger partial charge in [-0.3, -0.25) is 9.59 Å². The van der Waals surface area contributed by atoms with Crippen molar-refractivity contribution in [2.75, 3.05) is 0 Å². The number of aliphatic hydroxyl groups is 2. The summed E-state index contributed by atoms with van der Waals surface area (Å²) in [6.07, 6.45) is -0.0733. The monoisotopic (exact) mass is 260 g/mol. The molecule has 3 unspecified atom stereocenters. The van der Waals surface area contributed by atoms with Gasteiger partial charge in [0.05, 0.1) is 0 Å². The number of aliphatic hydroxyl groups excluding tert-OH is 2. The first-order valence-corrected chi connectivity index (χ1v) is 6.50. The van der Waals surface area contributed by atoms with Crippen LogP contribution >= 0.6 is 0 Å². The molecule has 0 aromatic rings. The first-order valence-electron chi connectivity index (χ1n) is 6.50. The summed E-state index contributed by atoms with van der Waals surface area (Å²) in [5.74, 6) is 0.222. The summed E-state index contributed by atoms with van der Waals surface area (Å²) in [4.78, 5) is 20.9. The van der Waals surface area contributed by atoms with Crippen LogP contribution in [0, 0.1) is 11.8 Å². The van der Waals surface area contributed by atoms with Crippen LogP contribution in [0.3, 0.4) is 0 Å². The van der Waals surface area contributed by atoms with Gasteiger partial charge in [0.15, 0.2) is 11.6 Å². The molecule has 0 aromatic carbocycles. The van der Waals surface area contributed by atoms with Crippen molar-refractivity contribution in [3.05, 3.63) is 0 Å². The predicted molar refractivity (Wildman–Crippen MR) is 72.3 cm³/mol. The Balaban J connectivity index is 0. The SMILES string of the molecule is CC(=O)C(O)CC(C)C.CCC(C)C(O)C(C)=O. The molecule has 0 aliphatic carbocycles. The van der Waals surface area contributed by atoms with E-state index in [4.69, 9.17) is 10.2 Å². The highest BCUT2D eigenvalue weighted by atomic mass is 16.3. The standard InChI is InChI=1S/2C7H14O2/c1-5(2)4-7(9)6(3)8;1-4-5(2)7(9)6(3)8/h2*5,7,9H,4H2,1-3H3. The first-order chi connectivity index (χ1) is 8.13. The lowest BCUT2D eigenvalue weighted by molar-refractivity contribution is -0.127. The van der Waals surface area contributed by atoms with Crippen LogP contribution in [0.4, 0.5) is 0 Å². The zero-order valence-corrected chi connectivity index (χ0v) is 12.4. The fraction of sp³-hybridized carbons (Fsp3) is 0.857. The van der Waals surface area contributed by atoms with Crippen LogP contribution < -0.4 is 0 Å². The minimum absolute atomic E-state index is 0.0995. The van der Waals surface area contributed by atoms with Gasteiger partial charge in [0.2, 0.25) is 0 Å². The van der Waals surface area contributed by atoms with E-state index in [-0.39, 0.29) is 17.5 Å². The molecule has 0 rings (SSSR count). The Bertz CT molecular complexity index is 248. The normalized spacial score (nSPS) is 15.4. The fourth-order valence-electron chi connectivity index (χ4n) is 1.24. The molecule has 0 saturated carbocycles. The van der Waals surface area contributed by atoms with E-state index in [1.165, 1.54) is 13.8 Å². The lowest BCUT2D eigenvalue weighted by Gasteiger charge is -2.12. The van der Waals surface area contributed by atoms with E-state index in [2.05, 4.69) is 0 Å². The lowest BCUT2D eigenvalue weighted by Crippen LogP contribution is -2.24. The van der Waals surface area contributed by atoms with Crippen LogP contribution in [-0.4, -0.2) is 34.0 Å². The van der Waals surface area contributed by atoms with Crippen molar-refractivity contribution >= 4 is 11.6 Å². The first kappa shape index (κ1) is 19.6. The molecule has 0 fully saturated rings. The van der Waals surface area contributed by atoms with Crippen molar-refractivity contribution in [3.63, 3.8) is 0 Å². The van der Waals surface area contributed by atoms with Gasteiger partial charge < -0.3 is 10.2 Å². The highest BCUT2D eigenvalue weighted by Crippen LogP contribution is 2.07. The molecule has 0 saturated heterocycles. The predicted octanol–water partition coefficient (Wildman–Crippen LogP) is 1.96. The number of hydrogen-bond donors (Lipinski definition) is 2. The number of carbonyl (C=O) groups excluding carboxylic acids is 2. The third kappa shape index (κ3) is 10.4. The largest absolute Gasteiger partial charge is 0.385 e. The number of carbonyl (C=O) groups is 2. The van der Waals surface area contributed by atoms with Crippen molar-refractivity contribution in [2.45, 2.75) is 66.6 Å². The third-order valence-electron chi connectivity index (χ3n) is 2.76. The zero-order valence-electron chi connectivity index (χ0n) is 12.4. The summed E-state index contributed by atoms with van der Waals surface area (Å²) in [5, 5.41) is 18.0. The van der Waals surface area contributed by atoms with E-state index in [1.54, 1.807) is 0 Å². The molecular formula is C14H28O4. The number of rotatable bonds is 6. The van der Waals surface area contributed by atoms with Gasteiger partial charge >= 0.3 is 0 Å². The fourth-order valence-corrected chi connectivity index (χ4v) is 1.24. The van der Waals surface area contributed by atoms with Gasteiger partial charge in [-0.05, 0) is 32.1 Å². The van der Waals surface area contributed by atoms with Crippen LogP contribution in [0.2, 0.25) is 0 Å². The summed E-state index contributed by atoms with van der Waals surface area (Å²) in [6.45, 7) is 10.6. The Labute approximate surface area is 110 Å². The smallest absolute Gasteiger partial charge is 0.158 e. The van der Waals surface area contributed by atoms with Gasteiger partial charge in [-0.25, -0.2) is 0 Å². The molecule has 3 atom stereocenters. The van der Waals surface area contributed by atoms with Crippen molar-refractivity contribution in [1.29, 1.82) is 0 Å². The molecule has 4 nitrogen and oxygen atoms in total. The number of Topliss-reactive ketones (excluding diaryl/α,β-unsaturated/α-hetero) is 2. The van der Waals surface area contributed by atoms with E-state index in [0.717, 1.165) is 6.42 Å². The molecule has 0 heterocycles. The summed E-state index contributed by atoms with van der Waals surface area (Å²) in [7, 11) is 0. The molecule has 0 spiro atoms. The van der Waals surface area contributed by atoms with Crippen LogP contribution in [0.25, 0.3) is 0 Å². The second kappa shape index (κ2) is 10.2. The number of hydrogen-bond acceptors (Lipinski definition) is 4. The van der Waals surface area contributed by atoms with Crippen LogP contribution in [0.5, 0.6) is 0 Å². The van der Waals surface area contributed by atoms with Gasteiger partial charge in [-0.2, -0.15) is 0 Å². The molecule has 2 N–H and O–H groups in total. The second-order valence-corrected chi connectivity index (χ2v) is 5.20. The lowest BCUT2D eigenvalue weighted by atomic mass is 9.99. The summed E-state index contributed by atoms with van der Waals surface area (Å²) in [5.41, 5.74) is 0. The highest BCUT2D eigenvalue weighted by molar-refractivity contribution is 5.80. The van der Waals surface area contributed by atoms with Gasteiger partial charge in [-0.1, -0.05) is 34.1 Å². The van der Waals surface area contributed by atoms with Crippen molar-refractivity contribution in [3.8, 4) is 0 Å². The average Bonchev–Trinajstić information content (AvgIpc) is 2.26. The van der Waals surface area contributed by atoms with Crippen molar-refractivity contribution in [1.82, 2.24) is 0 Å². The molecule has 18 heavy (non-hydrogen) atoms. The number of ketones is 2. The molecule has 108 valence electrons. The molecule has 0 aliphatic rings. The maximum atomic E-state index is 10.5. The molecule has 0 amide bonds. The maximum absolute atomic E-state index is 10.5. The van der Waals surface area contributed by atoms with E-state index >= 15 is 0 Å². The highest BCUT2D eigenvalue weighted by Gasteiger charge is 2.15. The molecule has 0 aromatic heterocycles. The Kier molecular flexibility index (Phi) is 11.1. The second-order valence-electron chi connectivity index (χ2n) is 5.20. The van der Waals surface area contributed by atoms with E-state index < -0.39 is 12.2 Å². The van der Waals surface area contributed by atoms with Crippen molar-refractivity contribution < 1.29 is 19.8 Å². The Morgan fingerprint density at radius 3 is 1.56 bits per heavy atom. The zero-order chi connectivity index (χ0) is 14.9. The summed E-state index contributed by atoms with van der Waals surface area (Å²) in [6, 6.07) is 0.